The lowest BCUT2D eigenvalue weighted by Crippen LogP contribution is -2.59. The molecule has 12 rings (SSSR count). The highest BCUT2D eigenvalue weighted by molar-refractivity contribution is 6.99. The molecule has 9 aromatic carbocycles. The third-order valence-electron chi connectivity index (χ3n) is 11.5. The van der Waals surface area contributed by atoms with Crippen LogP contribution in [0.3, 0.4) is 0 Å². The molecule has 0 aliphatic carbocycles. The summed E-state index contributed by atoms with van der Waals surface area (Å²) in [5, 5.41) is 4.63. The summed E-state index contributed by atoms with van der Waals surface area (Å²) < 4.78 is 13.8. The smallest absolute Gasteiger partial charge is 0.256 e. The Hall–Kier alpha value is -7.24. The van der Waals surface area contributed by atoms with Crippen LogP contribution >= 0.6 is 0 Å². The number of fused-ring (bicyclic) bond motifs is 7. The largest absolute Gasteiger partial charge is 0.458 e. The first-order chi connectivity index (χ1) is 27.3. The Morgan fingerprint density at radius 1 is 0.436 bits per heavy atom. The molecule has 0 bridgehead atoms. The molecule has 3 aliphatic rings. The minimum atomic E-state index is -0.0130. The van der Waals surface area contributed by atoms with Crippen molar-refractivity contribution in [3.8, 4) is 34.1 Å². The first kappa shape index (κ1) is 30.2. The SMILES string of the molecule is c1ccc(N2c3ccccc3B3c4cc5c(cc4Oc4cccc2c43)-c2ccc(N(c3ccccc3)c3ccc4ccccc4c3)c3cccc(c23)O5)cc1. The normalized spacial score (nSPS) is 12.9. The van der Waals surface area contributed by atoms with Gasteiger partial charge in [0, 0.05) is 44.8 Å². The van der Waals surface area contributed by atoms with Gasteiger partial charge in [0.1, 0.15) is 23.0 Å². The Bertz CT molecular complexity index is 3020. The monoisotopic (exact) mass is 702 g/mol. The van der Waals surface area contributed by atoms with Crippen LogP contribution in [0.1, 0.15) is 0 Å². The fourth-order valence-electron chi connectivity index (χ4n) is 9.11. The lowest BCUT2D eigenvalue weighted by Gasteiger charge is -2.40. The predicted octanol–water partition coefficient (Wildman–Crippen LogP) is 11.6. The molecule has 9 aromatic rings. The molecule has 3 heterocycles. The van der Waals surface area contributed by atoms with Crippen LogP contribution in [-0.4, -0.2) is 6.71 Å². The minimum Gasteiger partial charge on any atom is -0.458 e. The Kier molecular flexibility index (Phi) is 6.40. The van der Waals surface area contributed by atoms with E-state index in [-0.39, 0.29) is 6.71 Å². The van der Waals surface area contributed by atoms with Gasteiger partial charge in [0.05, 0.1) is 5.69 Å². The van der Waals surface area contributed by atoms with Crippen molar-refractivity contribution in [1.82, 2.24) is 0 Å². The van der Waals surface area contributed by atoms with Crippen molar-refractivity contribution in [2.24, 2.45) is 0 Å². The summed E-state index contributed by atoms with van der Waals surface area (Å²) in [5.41, 5.74) is 12.4. The molecule has 0 unspecified atom stereocenters. The fourth-order valence-corrected chi connectivity index (χ4v) is 9.11. The first-order valence-corrected chi connectivity index (χ1v) is 18.8. The Morgan fingerprint density at radius 3 is 2.05 bits per heavy atom. The predicted molar refractivity (Wildman–Crippen MR) is 228 cm³/mol. The molecule has 0 radical (unpaired) electrons. The highest BCUT2D eigenvalue weighted by Crippen LogP contribution is 2.52. The number of hydrogen-bond acceptors (Lipinski definition) is 4. The lowest BCUT2D eigenvalue weighted by molar-refractivity contribution is 0.475. The summed E-state index contributed by atoms with van der Waals surface area (Å²) in [5.74, 6) is 3.44. The molecule has 0 fully saturated rings. The van der Waals surface area contributed by atoms with Crippen molar-refractivity contribution < 1.29 is 9.47 Å². The highest BCUT2D eigenvalue weighted by Gasteiger charge is 2.42. The summed E-state index contributed by atoms with van der Waals surface area (Å²) in [6.07, 6.45) is 0. The summed E-state index contributed by atoms with van der Waals surface area (Å²) in [7, 11) is 0. The molecular formula is C50H31BN2O2. The van der Waals surface area contributed by atoms with Gasteiger partial charge >= 0.3 is 0 Å². The molecule has 55 heavy (non-hydrogen) atoms. The fraction of sp³-hybridized carbons (Fsp3) is 0. The minimum absolute atomic E-state index is 0.0130. The third-order valence-corrected chi connectivity index (χ3v) is 11.5. The lowest BCUT2D eigenvalue weighted by atomic mass is 9.34. The second-order valence-corrected chi connectivity index (χ2v) is 14.5. The van der Waals surface area contributed by atoms with Crippen LogP contribution < -0.4 is 35.7 Å². The van der Waals surface area contributed by atoms with E-state index in [9.17, 15) is 0 Å². The quantitative estimate of drug-likeness (QED) is 0.171. The average Bonchev–Trinajstić information content (AvgIpc) is 3.24. The number of rotatable bonds is 4. The van der Waals surface area contributed by atoms with Gasteiger partial charge in [0.25, 0.3) is 6.71 Å². The van der Waals surface area contributed by atoms with Crippen LogP contribution in [0.5, 0.6) is 23.0 Å². The Balaban J connectivity index is 1.03. The van der Waals surface area contributed by atoms with Gasteiger partial charge < -0.3 is 19.3 Å². The number of para-hydroxylation sites is 3. The second kappa shape index (κ2) is 11.6. The van der Waals surface area contributed by atoms with Gasteiger partial charge in [-0.05, 0) is 112 Å². The molecule has 5 heteroatoms. The molecule has 4 nitrogen and oxygen atoms in total. The summed E-state index contributed by atoms with van der Waals surface area (Å²) in [6, 6.07) is 67.0. The van der Waals surface area contributed by atoms with E-state index in [4.69, 9.17) is 9.47 Å². The zero-order chi connectivity index (χ0) is 36.0. The van der Waals surface area contributed by atoms with Gasteiger partial charge in [-0.15, -0.1) is 0 Å². The Morgan fingerprint density at radius 2 is 1.16 bits per heavy atom. The molecular weight excluding hydrogens is 671 g/mol. The van der Waals surface area contributed by atoms with Crippen molar-refractivity contribution in [2.75, 3.05) is 9.80 Å². The van der Waals surface area contributed by atoms with E-state index in [1.165, 1.54) is 27.4 Å². The summed E-state index contributed by atoms with van der Waals surface area (Å²) in [4.78, 5) is 4.72. The number of anilines is 6. The van der Waals surface area contributed by atoms with Crippen LogP contribution in [0.4, 0.5) is 34.1 Å². The number of nitrogens with zero attached hydrogens (tertiary/aromatic N) is 2. The third kappa shape index (κ3) is 4.47. The van der Waals surface area contributed by atoms with E-state index in [0.717, 1.165) is 78.8 Å². The highest BCUT2D eigenvalue weighted by atomic mass is 16.5. The van der Waals surface area contributed by atoms with E-state index in [1.807, 2.05) is 0 Å². The number of ether oxygens (including phenoxy) is 2. The zero-order valence-corrected chi connectivity index (χ0v) is 29.7. The maximum atomic E-state index is 6.94. The molecule has 3 aliphatic heterocycles. The van der Waals surface area contributed by atoms with Gasteiger partial charge in [-0.2, -0.15) is 0 Å². The molecule has 0 saturated heterocycles. The van der Waals surface area contributed by atoms with Gasteiger partial charge in [0.2, 0.25) is 0 Å². The Labute approximate surface area is 319 Å². The molecule has 0 spiro atoms. The molecule has 256 valence electrons. The van der Waals surface area contributed by atoms with Crippen LogP contribution in [0.25, 0.3) is 32.7 Å². The number of benzene rings is 9. The molecule has 0 atom stereocenters. The second-order valence-electron chi connectivity index (χ2n) is 14.5. The van der Waals surface area contributed by atoms with Crippen LogP contribution in [-0.2, 0) is 0 Å². The van der Waals surface area contributed by atoms with Crippen molar-refractivity contribution in [1.29, 1.82) is 0 Å². The van der Waals surface area contributed by atoms with E-state index in [1.54, 1.807) is 0 Å². The van der Waals surface area contributed by atoms with E-state index in [2.05, 4.69) is 198 Å². The van der Waals surface area contributed by atoms with Gasteiger partial charge in [-0.3, -0.25) is 0 Å². The van der Waals surface area contributed by atoms with Gasteiger partial charge in [-0.1, -0.05) is 109 Å². The molecule has 0 amide bonds. The van der Waals surface area contributed by atoms with Crippen LogP contribution in [0.2, 0.25) is 0 Å². The van der Waals surface area contributed by atoms with E-state index >= 15 is 0 Å². The standard InChI is InChI=1S/C50H31BN2O2/c1-3-15-34(16-4-1)52(36-26-25-32-13-7-8-14-33(32)29-36)42-28-27-37-39-30-48-41(31-47(39)54-45-23-11-19-38(42)49(37)45)51-40-20-9-10-21-43(40)53(35-17-5-2-6-18-35)44-22-12-24-46(55-48)50(44)51/h1-31H. The zero-order valence-electron chi connectivity index (χ0n) is 29.7. The summed E-state index contributed by atoms with van der Waals surface area (Å²) in [6.45, 7) is -0.0130. The van der Waals surface area contributed by atoms with Crippen molar-refractivity contribution >= 4 is 78.8 Å². The molecule has 0 N–H and O–H groups in total. The van der Waals surface area contributed by atoms with Crippen LogP contribution in [0.15, 0.2) is 188 Å². The number of hydrogen-bond donors (Lipinski definition) is 0. The van der Waals surface area contributed by atoms with Gasteiger partial charge in [-0.25, -0.2) is 0 Å². The summed E-state index contributed by atoms with van der Waals surface area (Å²) >= 11 is 0. The van der Waals surface area contributed by atoms with Gasteiger partial charge in [0.15, 0.2) is 0 Å². The van der Waals surface area contributed by atoms with E-state index < -0.39 is 0 Å². The van der Waals surface area contributed by atoms with Crippen LogP contribution in [0, 0.1) is 0 Å². The van der Waals surface area contributed by atoms with Crippen molar-refractivity contribution in [2.45, 2.75) is 0 Å². The maximum absolute atomic E-state index is 6.94. The topological polar surface area (TPSA) is 24.9 Å². The molecule has 0 saturated carbocycles. The maximum Gasteiger partial charge on any atom is 0.256 e. The first-order valence-electron chi connectivity index (χ1n) is 18.8. The van der Waals surface area contributed by atoms with Crippen molar-refractivity contribution in [3.05, 3.63) is 188 Å². The average molecular weight is 703 g/mol. The van der Waals surface area contributed by atoms with E-state index in [0.29, 0.717) is 0 Å². The molecule has 0 aromatic heterocycles. The van der Waals surface area contributed by atoms with Crippen molar-refractivity contribution in [3.63, 3.8) is 0 Å².